The summed E-state index contributed by atoms with van der Waals surface area (Å²) in [5.41, 5.74) is 2.54. The van der Waals surface area contributed by atoms with Gasteiger partial charge >= 0.3 is 0 Å². The zero-order valence-corrected chi connectivity index (χ0v) is 15.3. The van der Waals surface area contributed by atoms with Crippen LogP contribution in [0.2, 0.25) is 0 Å². The van der Waals surface area contributed by atoms with Gasteiger partial charge in [0, 0.05) is 44.0 Å². The molecule has 7 nitrogen and oxygen atoms in total. The molecule has 1 aromatic carbocycles. The number of hydrogen-bond acceptors (Lipinski definition) is 6. The fourth-order valence-corrected chi connectivity index (χ4v) is 4.02. The monoisotopic (exact) mass is 372 g/mol. The fourth-order valence-electron chi connectivity index (χ4n) is 3.17. The molecule has 1 aromatic heterocycles. The van der Waals surface area contributed by atoms with Gasteiger partial charge in [0.2, 0.25) is 5.91 Å². The number of nitrogens with one attached hydrogen (secondary N) is 1. The smallest absolute Gasteiger partial charge is 0.262 e. The summed E-state index contributed by atoms with van der Waals surface area (Å²) in [6.45, 7) is 5.77. The molecule has 1 fully saturated rings. The van der Waals surface area contributed by atoms with E-state index in [-0.39, 0.29) is 18.4 Å². The lowest BCUT2D eigenvalue weighted by Crippen LogP contribution is -2.47. The molecule has 26 heavy (non-hydrogen) atoms. The molecule has 2 aliphatic rings. The molecule has 0 saturated carbocycles. The van der Waals surface area contributed by atoms with Crippen LogP contribution in [0.3, 0.4) is 0 Å². The van der Waals surface area contributed by atoms with Crippen molar-refractivity contribution in [2.75, 3.05) is 38.1 Å². The Labute approximate surface area is 155 Å². The molecule has 1 saturated heterocycles. The number of ether oxygens (including phenoxy) is 1. The third kappa shape index (κ3) is 3.56. The largest absolute Gasteiger partial charge is 0.482 e. The predicted molar refractivity (Wildman–Crippen MR) is 99.2 cm³/mol. The molecule has 3 heterocycles. The molecule has 0 unspecified atom stereocenters. The van der Waals surface area contributed by atoms with Crippen LogP contribution in [-0.2, 0) is 16.1 Å². The quantitative estimate of drug-likeness (QED) is 0.889. The first-order valence-electron chi connectivity index (χ1n) is 8.58. The molecule has 0 spiro atoms. The van der Waals surface area contributed by atoms with E-state index in [1.807, 2.05) is 28.5 Å². The number of rotatable bonds is 3. The van der Waals surface area contributed by atoms with Gasteiger partial charge in [-0.2, -0.15) is 0 Å². The van der Waals surface area contributed by atoms with Crippen molar-refractivity contribution in [2.45, 2.75) is 13.5 Å². The maximum atomic E-state index is 11.5. The molecule has 0 bridgehead atoms. The summed E-state index contributed by atoms with van der Waals surface area (Å²) in [4.78, 5) is 31.8. The van der Waals surface area contributed by atoms with Gasteiger partial charge in [0.25, 0.3) is 5.91 Å². The third-order valence-corrected chi connectivity index (χ3v) is 5.47. The topological polar surface area (TPSA) is 74.8 Å². The molecule has 2 aliphatic heterocycles. The third-order valence-electron chi connectivity index (χ3n) is 4.64. The Hall–Kier alpha value is -2.45. The lowest BCUT2D eigenvalue weighted by Gasteiger charge is -2.33. The van der Waals surface area contributed by atoms with Gasteiger partial charge in [-0.05, 0) is 18.2 Å². The van der Waals surface area contributed by atoms with E-state index in [0.29, 0.717) is 11.4 Å². The van der Waals surface area contributed by atoms with Crippen LogP contribution in [0.25, 0.3) is 11.3 Å². The minimum Gasteiger partial charge on any atom is -0.482 e. The van der Waals surface area contributed by atoms with E-state index in [4.69, 9.17) is 9.72 Å². The first kappa shape index (κ1) is 17.0. The zero-order chi connectivity index (χ0) is 18.1. The molecule has 4 rings (SSSR count). The molecule has 0 atom stereocenters. The highest BCUT2D eigenvalue weighted by atomic mass is 32.1. The number of benzene rings is 1. The van der Waals surface area contributed by atoms with Crippen molar-refractivity contribution in [3.05, 3.63) is 28.6 Å². The van der Waals surface area contributed by atoms with E-state index >= 15 is 0 Å². The normalized spacial score (nSPS) is 17.4. The maximum absolute atomic E-state index is 11.5. The van der Waals surface area contributed by atoms with Crippen LogP contribution < -0.4 is 10.1 Å². The fraction of sp³-hybridized carbons (Fsp3) is 0.389. The first-order chi connectivity index (χ1) is 12.6. The second kappa shape index (κ2) is 7.05. The molecule has 0 aliphatic carbocycles. The van der Waals surface area contributed by atoms with Crippen LogP contribution in [0.4, 0.5) is 5.69 Å². The Balaban J connectivity index is 1.43. The van der Waals surface area contributed by atoms with E-state index in [0.717, 1.165) is 49.0 Å². The second-order valence-corrected chi connectivity index (χ2v) is 7.40. The van der Waals surface area contributed by atoms with Crippen LogP contribution in [0, 0.1) is 0 Å². The number of piperazine rings is 1. The number of fused-ring (bicyclic) bond motifs is 1. The van der Waals surface area contributed by atoms with E-state index in [1.54, 1.807) is 18.3 Å². The predicted octanol–water partition coefficient (Wildman–Crippen LogP) is 1.81. The maximum Gasteiger partial charge on any atom is 0.262 e. The second-order valence-electron chi connectivity index (χ2n) is 6.46. The van der Waals surface area contributed by atoms with Crippen LogP contribution in [-0.4, -0.2) is 59.4 Å². The summed E-state index contributed by atoms with van der Waals surface area (Å²) in [6.07, 6.45) is 0. The van der Waals surface area contributed by atoms with Crippen molar-refractivity contribution in [1.82, 2.24) is 14.8 Å². The number of hydrogen-bond donors (Lipinski definition) is 1. The van der Waals surface area contributed by atoms with E-state index < -0.39 is 0 Å². The van der Waals surface area contributed by atoms with Gasteiger partial charge in [0.1, 0.15) is 10.8 Å². The summed E-state index contributed by atoms with van der Waals surface area (Å²) in [7, 11) is 0. The molecular formula is C18H20N4O3S. The Morgan fingerprint density at radius 1 is 1.31 bits per heavy atom. The van der Waals surface area contributed by atoms with Gasteiger partial charge in [0.05, 0.1) is 17.9 Å². The lowest BCUT2D eigenvalue weighted by molar-refractivity contribution is -0.130. The van der Waals surface area contributed by atoms with Crippen molar-refractivity contribution >= 4 is 28.8 Å². The molecular weight excluding hydrogens is 352 g/mol. The first-order valence-corrected chi connectivity index (χ1v) is 9.46. The number of amides is 2. The Morgan fingerprint density at radius 3 is 2.88 bits per heavy atom. The SMILES string of the molecule is CC(=O)N1CCN(Cc2nc(-c3ccc4c(c3)NC(=O)CO4)cs2)CC1. The summed E-state index contributed by atoms with van der Waals surface area (Å²) >= 11 is 1.63. The molecule has 0 radical (unpaired) electrons. The molecule has 1 N–H and O–H groups in total. The Bertz CT molecular complexity index is 843. The highest BCUT2D eigenvalue weighted by Crippen LogP contribution is 2.33. The van der Waals surface area contributed by atoms with Crippen LogP contribution in [0.5, 0.6) is 5.75 Å². The average Bonchev–Trinajstić information content (AvgIpc) is 3.10. The lowest BCUT2D eigenvalue weighted by atomic mass is 10.1. The Morgan fingerprint density at radius 2 is 2.12 bits per heavy atom. The van der Waals surface area contributed by atoms with Crippen molar-refractivity contribution in [3.8, 4) is 17.0 Å². The summed E-state index contributed by atoms with van der Waals surface area (Å²) in [6, 6.07) is 5.72. The zero-order valence-electron chi connectivity index (χ0n) is 14.5. The highest BCUT2D eigenvalue weighted by molar-refractivity contribution is 7.09. The number of carbonyl (C=O) groups excluding carboxylic acids is 2. The van der Waals surface area contributed by atoms with Gasteiger partial charge in [-0.25, -0.2) is 4.98 Å². The number of anilines is 1. The van der Waals surface area contributed by atoms with Gasteiger partial charge in [-0.1, -0.05) is 0 Å². The average molecular weight is 372 g/mol. The van der Waals surface area contributed by atoms with Gasteiger partial charge < -0.3 is 15.0 Å². The van der Waals surface area contributed by atoms with Crippen LogP contribution in [0.15, 0.2) is 23.6 Å². The number of nitrogens with zero attached hydrogens (tertiary/aromatic N) is 3. The van der Waals surface area contributed by atoms with Crippen LogP contribution in [0.1, 0.15) is 11.9 Å². The molecule has 136 valence electrons. The summed E-state index contributed by atoms with van der Waals surface area (Å²) in [5.74, 6) is 0.690. The van der Waals surface area contributed by atoms with Crippen molar-refractivity contribution in [2.24, 2.45) is 0 Å². The molecule has 2 aromatic rings. The van der Waals surface area contributed by atoms with Gasteiger partial charge in [-0.3, -0.25) is 14.5 Å². The minimum absolute atomic E-state index is 0.0596. The number of carbonyl (C=O) groups is 2. The van der Waals surface area contributed by atoms with Crippen molar-refractivity contribution in [3.63, 3.8) is 0 Å². The van der Waals surface area contributed by atoms with Crippen molar-refractivity contribution < 1.29 is 14.3 Å². The van der Waals surface area contributed by atoms with E-state index in [2.05, 4.69) is 10.2 Å². The van der Waals surface area contributed by atoms with Crippen LogP contribution >= 0.6 is 11.3 Å². The van der Waals surface area contributed by atoms with E-state index in [1.165, 1.54) is 0 Å². The minimum atomic E-state index is -0.140. The summed E-state index contributed by atoms with van der Waals surface area (Å²) in [5, 5.41) is 5.91. The van der Waals surface area contributed by atoms with Gasteiger partial charge in [0.15, 0.2) is 6.61 Å². The number of thiazole rings is 1. The molecule has 8 heteroatoms. The summed E-state index contributed by atoms with van der Waals surface area (Å²) < 4.78 is 5.39. The van der Waals surface area contributed by atoms with E-state index in [9.17, 15) is 9.59 Å². The Kier molecular flexibility index (Phi) is 4.60. The highest BCUT2D eigenvalue weighted by Gasteiger charge is 2.20. The molecule has 2 amide bonds. The van der Waals surface area contributed by atoms with Crippen molar-refractivity contribution in [1.29, 1.82) is 0 Å². The number of aromatic nitrogens is 1. The van der Waals surface area contributed by atoms with Gasteiger partial charge in [-0.15, -0.1) is 11.3 Å². The standard InChI is InChI=1S/C18H20N4O3S/c1-12(23)22-6-4-21(5-7-22)9-18-20-15(11-26-18)13-2-3-16-14(8-13)19-17(24)10-25-16/h2-3,8,11H,4-7,9-10H2,1H3,(H,19,24).